The lowest BCUT2D eigenvalue weighted by Gasteiger charge is -2.25. The van der Waals surface area contributed by atoms with Crippen LogP contribution in [0.4, 0.5) is 0 Å². The van der Waals surface area contributed by atoms with Crippen LogP contribution in [0.1, 0.15) is 25.0 Å². The van der Waals surface area contributed by atoms with Crippen LogP contribution in [0, 0.1) is 6.92 Å². The second kappa shape index (κ2) is 4.50. The maximum atomic E-state index is 6.08. The third-order valence-electron chi connectivity index (χ3n) is 2.77. The van der Waals surface area contributed by atoms with E-state index in [1.807, 2.05) is 19.9 Å². The highest BCUT2D eigenvalue weighted by molar-refractivity contribution is 9.10. The third kappa shape index (κ3) is 2.75. The molecule has 0 bridgehead atoms. The molecule has 0 aromatic heterocycles. The first-order chi connectivity index (χ1) is 7.88. The van der Waals surface area contributed by atoms with Crippen LogP contribution in [0.3, 0.4) is 0 Å². The molecule has 0 amide bonds. The zero-order chi connectivity index (χ0) is 12.6. The average Bonchev–Trinajstić information content (AvgIpc) is 2.24. The van der Waals surface area contributed by atoms with Gasteiger partial charge in [-0.2, -0.15) is 0 Å². The molecule has 0 saturated carbocycles. The lowest BCUT2D eigenvalue weighted by molar-refractivity contribution is 0.170. The van der Waals surface area contributed by atoms with Crippen LogP contribution >= 0.6 is 15.9 Å². The minimum atomic E-state index is -0.228. The second-order valence-electron chi connectivity index (χ2n) is 5.16. The third-order valence-corrected chi connectivity index (χ3v) is 3.73. The van der Waals surface area contributed by atoms with Gasteiger partial charge in [0.1, 0.15) is 13.2 Å². The monoisotopic (exact) mass is 299 g/mol. The predicted molar refractivity (Wildman–Crippen MR) is 71.8 cm³/mol. The van der Waals surface area contributed by atoms with E-state index in [9.17, 15) is 0 Å². The van der Waals surface area contributed by atoms with Crippen molar-refractivity contribution < 1.29 is 9.47 Å². The van der Waals surface area contributed by atoms with Gasteiger partial charge in [-0.3, -0.25) is 0 Å². The number of ether oxygens (including phenoxy) is 2. The standard InChI is InChI=1S/C13H18BrNO2/c1-8-9(7-13(2,3)15)6-10-12(11(8)14)17-5-4-16-10/h6H,4-5,7,15H2,1-3H3. The highest BCUT2D eigenvalue weighted by Crippen LogP contribution is 2.41. The van der Waals surface area contributed by atoms with Crippen LogP contribution in [-0.2, 0) is 6.42 Å². The van der Waals surface area contributed by atoms with Crippen LogP contribution in [0.2, 0.25) is 0 Å². The maximum absolute atomic E-state index is 6.08. The van der Waals surface area contributed by atoms with Gasteiger partial charge >= 0.3 is 0 Å². The largest absolute Gasteiger partial charge is 0.486 e. The molecule has 0 aliphatic carbocycles. The first-order valence-electron chi connectivity index (χ1n) is 5.75. The van der Waals surface area contributed by atoms with Gasteiger partial charge < -0.3 is 15.2 Å². The molecule has 0 fully saturated rings. The van der Waals surface area contributed by atoms with Gasteiger partial charge in [0.25, 0.3) is 0 Å². The zero-order valence-electron chi connectivity index (χ0n) is 10.5. The van der Waals surface area contributed by atoms with E-state index in [0.29, 0.717) is 13.2 Å². The van der Waals surface area contributed by atoms with Crippen molar-refractivity contribution in [2.45, 2.75) is 32.7 Å². The molecule has 0 radical (unpaired) electrons. The minimum absolute atomic E-state index is 0.228. The summed E-state index contributed by atoms with van der Waals surface area (Å²) >= 11 is 3.58. The quantitative estimate of drug-likeness (QED) is 0.913. The van der Waals surface area contributed by atoms with Gasteiger partial charge in [-0.15, -0.1) is 0 Å². The summed E-state index contributed by atoms with van der Waals surface area (Å²) in [5.41, 5.74) is 8.22. The Kier molecular flexibility index (Phi) is 3.36. The fourth-order valence-corrected chi connectivity index (χ4v) is 2.53. The Morgan fingerprint density at radius 3 is 2.65 bits per heavy atom. The minimum Gasteiger partial charge on any atom is -0.486 e. The first kappa shape index (κ1) is 12.7. The van der Waals surface area contributed by atoms with E-state index in [2.05, 4.69) is 22.9 Å². The summed E-state index contributed by atoms with van der Waals surface area (Å²) < 4.78 is 12.2. The Bertz CT molecular complexity index is 438. The summed E-state index contributed by atoms with van der Waals surface area (Å²) in [4.78, 5) is 0. The summed E-state index contributed by atoms with van der Waals surface area (Å²) in [5.74, 6) is 1.63. The lowest BCUT2D eigenvalue weighted by atomic mass is 9.93. The number of fused-ring (bicyclic) bond motifs is 1. The molecule has 3 nitrogen and oxygen atoms in total. The molecule has 0 spiro atoms. The lowest BCUT2D eigenvalue weighted by Crippen LogP contribution is -2.34. The predicted octanol–water partition coefficient (Wildman–Crippen LogP) is 2.81. The molecule has 1 aromatic rings. The molecule has 94 valence electrons. The van der Waals surface area contributed by atoms with E-state index < -0.39 is 0 Å². The first-order valence-corrected chi connectivity index (χ1v) is 6.54. The van der Waals surface area contributed by atoms with Crippen molar-refractivity contribution in [3.63, 3.8) is 0 Å². The van der Waals surface area contributed by atoms with Crippen molar-refractivity contribution >= 4 is 15.9 Å². The maximum Gasteiger partial charge on any atom is 0.175 e. The van der Waals surface area contributed by atoms with Gasteiger partial charge in [0.05, 0.1) is 4.47 Å². The summed E-state index contributed by atoms with van der Waals surface area (Å²) in [5, 5.41) is 0. The van der Waals surface area contributed by atoms with Gasteiger partial charge in [0.15, 0.2) is 11.5 Å². The van der Waals surface area contributed by atoms with Crippen LogP contribution in [-0.4, -0.2) is 18.8 Å². The van der Waals surface area contributed by atoms with Crippen molar-refractivity contribution in [2.75, 3.05) is 13.2 Å². The van der Waals surface area contributed by atoms with Crippen LogP contribution in [0.15, 0.2) is 10.5 Å². The Hall–Kier alpha value is -0.740. The van der Waals surface area contributed by atoms with Crippen LogP contribution in [0.25, 0.3) is 0 Å². The van der Waals surface area contributed by atoms with E-state index in [1.54, 1.807) is 0 Å². The molecular weight excluding hydrogens is 282 g/mol. The molecule has 2 N–H and O–H groups in total. The van der Waals surface area contributed by atoms with E-state index >= 15 is 0 Å². The average molecular weight is 300 g/mol. The molecule has 17 heavy (non-hydrogen) atoms. The molecule has 0 saturated heterocycles. The van der Waals surface area contributed by atoms with Crippen molar-refractivity contribution in [3.05, 3.63) is 21.7 Å². The van der Waals surface area contributed by atoms with Gasteiger partial charge in [0.2, 0.25) is 0 Å². The fraction of sp³-hybridized carbons (Fsp3) is 0.538. The molecular formula is C13H18BrNO2. The Morgan fingerprint density at radius 2 is 2.00 bits per heavy atom. The molecule has 1 aliphatic heterocycles. The molecule has 1 aliphatic rings. The van der Waals surface area contributed by atoms with Crippen molar-refractivity contribution in [3.8, 4) is 11.5 Å². The Morgan fingerprint density at radius 1 is 1.35 bits per heavy atom. The Balaban J connectivity index is 2.44. The zero-order valence-corrected chi connectivity index (χ0v) is 12.1. The number of benzene rings is 1. The van der Waals surface area contributed by atoms with E-state index in [4.69, 9.17) is 15.2 Å². The number of halogens is 1. The van der Waals surface area contributed by atoms with Gasteiger partial charge in [0, 0.05) is 5.54 Å². The van der Waals surface area contributed by atoms with Crippen molar-refractivity contribution in [2.24, 2.45) is 5.73 Å². The number of nitrogens with two attached hydrogens (primary N) is 1. The van der Waals surface area contributed by atoms with E-state index in [0.717, 1.165) is 22.4 Å². The number of rotatable bonds is 2. The van der Waals surface area contributed by atoms with Crippen LogP contribution in [0.5, 0.6) is 11.5 Å². The molecule has 4 heteroatoms. The van der Waals surface area contributed by atoms with E-state index in [-0.39, 0.29) is 5.54 Å². The SMILES string of the molecule is Cc1c(CC(C)(C)N)cc2c(c1Br)OCCO2. The molecule has 1 heterocycles. The Labute approximate surface area is 110 Å². The summed E-state index contributed by atoms with van der Waals surface area (Å²) in [7, 11) is 0. The van der Waals surface area contributed by atoms with Gasteiger partial charge in [-0.05, 0) is 60.3 Å². The number of hydrogen-bond acceptors (Lipinski definition) is 3. The summed E-state index contributed by atoms with van der Waals surface area (Å²) in [6.07, 6.45) is 0.814. The van der Waals surface area contributed by atoms with E-state index in [1.165, 1.54) is 11.1 Å². The smallest absolute Gasteiger partial charge is 0.175 e. The second-order valence-corrected chi connectivity index (χ2v) is 5.96. The van der Waals surface area contributed by atoms with Crippen LogP contribution < -0.4 is 15.2 Å². The normalized spacial score (nSPS) is 14.9. The molecule has 2 rings (SSSR count). The summed E-state index contributed by atoms with van der Waals surface area (Å²) in [6.45, 7) is 7.33. The fourth-order valence-electron chi connectivity index (χ4n) is 1.96. The van der Waals surface area contributed by atoms with Gasteiger partial charge in [-0.25, -0.2) is 0 Å². The van der Waals surface area contributed by atoms with Crippen molar-refractivity contribution in [1.82, 2.24) is 0 Å². The highest BCUT2D eigenvalue weighted by Gasteiger charge is 2.22. The molecule has 0 unspecified atom stereocenters. The topological polar surface area (TPSA) is 44.5 Å². The summed E-state index contributed by atoms with van der Waals surface area (Å²) in [6, 6.07) is 2.04. The van der Waals surface area contributed by atoms with Gasteiger partial charge in [-0.1, -0.05) is 0 Å². The molecule has 0 atom stereocenters. The van der Waals surface area contributed by atoms with Crippen molar-refractivity contribution in [1.29, 1.82) is 0 Å². The molecule has 1 aromatic carbocycles. The highest BCUT2D eigenvalue weighted by atomic mass is 79.9. The number of hydrogen-bond donors (Lipinski definition) is 1.